The first-order valence-corrected chi connectivity index (χ1v) is 4.25. The molecule has 0 spiro atoms. The summed E-state index contributed by atoms with van der Waals surface area (Å²) in [6.07, 6.45) is 0. The highest BCUT2D eigenvalue weighted by Crippen LogP contribution is 2.13. The number of hydrogen-bond acceptors (Lipinski definition) is 4. The van der Waals surface area contributed by atoms with Crippen molar-refractivity contribution in [3.8, 4) is 0 Å². The highest BCUT2D eigenvalue weighted by Gasteiger charge is 2.12. The number of aromatic carboxylic acids is 1. The van der Waals surface area contributed by atoms with E-state index in [-0.39, 0.29) is 5.69 Å². The third kappa shape index (κ3) is 1.32. The SMILES string of the molecule is O=C(O)c1nnsc1CBr. The Hall–Kier alpha value is -0.490. The van der Waals surface area contributed by atoms with Crippen molar-refractivity contribution in [1.82, 2.24) is 9.59 Å². The fourth-order valence-corrected chi connectivity index (χ4v) is 1.52. The monoisotopic (exact) mass is 222 g/mol. The molecule has 1 aromatic heterocycles. The van der Waals surface area contributed by atoms with E-state index in [1.807, 2.05) is 0 Å². The van der Waals surface area contributed by atoms with Gasteiger partial charge in [-0.25, -0.2) is 4.79 Å². The Morgan fingerprint density at radius 3 is 2.90 bits per heavy atom. The molecule has 1 aromatic rings. The molecule has 0 atom stereocenters. The molecule has 0 bridgehead atoms. The molecule has 10 heavy (non-hydrogen) atoms. The van der Waals surface area contributed by atoms with Crippen LogP contribution in [0.1, 0.15) is 15.4 Å². The number of halogens is 1. The maximum absolute atomic E-state index is 10.3. The van der Waals surface area contributed by atoms with Gasteiger partial charge in [-0.05, 0) is 11.5 Å². The highest BCUT2D eigenvalue weighted by molar-refractivity contribution is 9.08. The molecule has 6 heteroatoms. The van der Waals surface area contributed by atoms with Gasteiger partial charge in [0, 0.05) is 5.33 Å². The van der Waals surface area contributed by atoms with Crippen molar-refractivity contribution in [2.45, 2.75) is 5.33 Å². The number of nitrogens with zero attached hydrogens (tertiary/aromatic N) is 2. The van der Waals surface area contributed by atoms with Gasteiger partial charge in [-0.1, -0.05) is 20.4 Å². The molecule has 0 fully saturated rings. The van der Waals surface area contributed by atoms with Gasteiger partial charge in [0.2, 0.25) is 0 Å². The van der Waals surface area contributed by atoms with E-state index in [1.54, 1.807) is 0 Å². The van der Waals surface area contributed by atoms with Crippen molar-refractivity contribution in [2.75, 3.05) is 0 Å². The third-order valence-corrected chi connectivity index (χ3v) is 2.53. The van der Waals surface area contributed by atoms with Gasteiger partial charge in [0.1, 0.15) is 0 Å². The van der Waals surface area contributed by atoms with E-state index in [0.29, 0.717) is 10.2 Å². The molecular formula is C4H3BrN2O2S. The van der Waals surface area contributed by atoms with E-state index in [0.717, 1.165) is 11.5 Å². The van der Waals surface area contributed by atoms with Crippen molar-refractivity contribution in [3.05, 3.63) is 10.6 Å². The minimum atomic E-state index is -1.02. The highest BCUT2D eigenvalue weighted by atomic mass is 79.9. The Kier molecular flexibility index (Phi) is 2.34. The van der Waals surface area contributed by atoms with Gasteiger partial charge in [-0.2, -0.15) is 0 Å². The summed E-state index contributed by atoms with van der Waals surface area (Å²) in [6, 6.07) is 0. The Bertz CT molecular complexity index is 249. The maximum Gasteiger partial charge on any atom is 0.357 e. The van der Waals surface area contributed by atoms with Crippen LogP contribution < -0.4 is 0 Å². The number of alkyl halides is 1. The molecule has 4 nitrogen and oxygen atoms in total. The van der Waals surface area contributed by atoms with E-state index in [2.05, 4.69) is 25.5 Å². The summed E-state index contributed by atoms with van der Waals surface area (Å²) in [6.45, 7) is 0. The molecule has 1 heterocycles. The lowest BCUT2D eigenvalue weighted by Gasteiger charge is -1.86. The molecule has 0 amide bonds. The second-order valence-corrected chi connectivity index (χ2v) is 2.88. The van der Waals surface area contributed by atoms with Crippen LogP contribution in [0.5, 0.6) is 0 Å². The molecule has 0 aliphatic rings. The van der Waals surface area contributed by atoms with Gasteiger partial charge in [0.15, 0.2) is 5.69 Å². The Morgan fingerprint density at radius 2 is 2.50 bits per heavy atom. The fourth-order valence-electron chi connectivity index (χ4n) is 0.459. The lowest BCUT2D eigenvalue weighted by Crippen LogP contribution is -1.99. The summed E-state index contributed by atoms with van der Waals surface area (Å²) < 4.78 is 3.50. The first-order chi connectivity index (χ1) is 4.75. The van der Waals surface area contributed by atoms with Crippen LogP contribution in [0, 0.1) is 0 Å². The number of aromatic nitrogens is 2. The molecule has 0 saturated carbocycles. The standard InChI is InChI=1S/C4H3BrN2O2S/c5-1-2-3(4(8)9)6-7-10-2/h1H2,(H,8,9). The zero-order chi connectivity index (χ0) is 7.56. The lowest BCUT2D eigenvalue weighted by molar-refractivity contribution is 0.0689. The summed E-state index contributed by atoms with van der Waals surface area (Å²) in [5.74, 6) is -1.02. The number of carboxylic acid groups (broad SMARTS) is 1. The number of hydrogen-bond donors (Lipinski definition) is 1. The Labute approximate surface area is 69.2 Å². The minimum absolute atomic E-state index is 0.0434. The first-order valence-electron chi connectivity index (χ1n) is 2.36. The summed E-state index contributed by atoms with van der Waals surface area (Å²) in [5.41, 5.74) is 0.0434. The molecule has 1 rings (SSSR count). The molecule has 0 saturated heterocycles. The zero-order valence-corrected chi connectivity index (χ0v) is 7.15. The van der Waals surface area contributed by atoms with Crippen molar-refractivity contribution in [2.24, 2.45) is 0 Å². The number of carbonyl (C=O) groups is 1. The van der Waals surface area contributed by atoms with Crippen LogP contribution in [0.2, 0.25) is 0 Å². The van der Waals surface area contributed by atoms with Gasteiger partial charge in [0.05, 0.1) is 4.88 Å². The summed E-state index contributed by atoms with van der Waals surface area (Å²) in [7, 11) is 0. The average Bonchev–Trinajstić information content (AvgIpc) is 2.33. The smallest absolute Gasteiger partial charge is 0.357 e. The van der Waals surface area contributed by atoms with Crippen LogP contribution in [-0.2, 0) is 5.33 Å². The van der Waals surface area contributed by atoms with Crippen molar-refractivity contribution >= 4 is 33.4 Å². The van der Waals surface area contributed by atoms with E-state index < -0.39 is 5.97 Å². The normalized spacial score (nSPS) is 9.70. The van der Waals surface area contributed by atoms with Gasteiger partial charge >= 0.3 is 5.97 Å². The Morgan fingerprint density at radius 1 is 1.80 bits per heavy atom. The van der Waals surface area contributed by atoms with Crippen LogP contribution in [0.25, 0.3) is 0 Å². The predicted octanol–water partition coefficient (Wildman–Crippen LogP) is 1.13. The predicted molar refractivity (Wildman–Crippen MR) is 39.5 cm³/mol. The van der Waals surface area contributed by atoms with Crippen LogP contribution in [-0.4, -0.2) is 20.7 Å². The molecule has 0 unspecified atom stereocenters. The first kappa shape index (κ1) is 7.62. The average molecular weight is 223 g/mol. The van der Waals surface area contributed by atoms with Gasteiger partial charge in [0.25, 0.3) is 0 Å². The summed E-state index contributed by atoms with van der Waals surface area (Å²) >= 11 is 4.21. The molecule has 54 valence electrons. The molecule has 1 N–H and O–H groups in total. The largest absolute Gasteiger partial charge is 0.476 e. The van der Waals surface area contributed by atoms with Gasteiger partial charge in [-0.15, -0.1) is 5.10 Å². The van der Waals surface area contributed by atoms with E-state index in [4.69, 9.17) is 5.11 Å². The topological polar surface area (TPSA) is 63.1 Å². The van der Waals surface area contributed by atoms with Crippen LogP contribution in [0.15, 0.2) is 0 Å². The molecular weight excluding hydrogens is 220 g/mol. The second kappa shape index (κ2) is 3.07. The molecule has 0 aliphatic heterocycles. The van der Waals surface area contributed by atoms with Crippen molar-refractivity contribution in [1.29, 1.82) is 0 Å². The lowest BCUT2D eigenvalue weighted by atomic mass is 10.4. The fraction of sp³-hybridized carbons (Fsp3) is 0.250. The van der Waals surface area contributed by atoms with Gasteiger partial charge < -0.3 is 5.11 Å². The summed E-state index contributed by atoms with van der Waals surface area (Å²) in [5, 5.41) is 12.4. The Balaban J connectivity index is 3.01. The molecule has 0 radical (unpaired) electrons. The quantitative estimate of drug-likeness (QED) is 0.763. The maximum atomic E-state index is 10.3. The van der Waals surface area contributed by atoms with Gasteiger partial charge in [-0.3, -0.25) is 0 Å². The van der Waals surface area contributed by atoms with E-state index in [1.165, 1.54) is 0 Å². The molecule has 0 aromatic carbocycles. The molecule has 0 aliphatic carbocycles. The second-order valence-electron chi connectivity index (χ2n) is 1.48. The van der Waals surface area contributed by atoms with Crippen LogP contribution in [0.3, 0.4) is 0 Å². The third-order valence-electron chi connectivity index (χ3n) is 0.880. The minimum Gasteiger partial charge on any atom is -0.476 e. The zero-order valence-electron chi connectivity index (χ0n) is 4.74. The number of carboxylic acids is 1. The van der Waals surface area contributed by atoms with Crippen LogP contribution in [0.4, 0.5) is 0 Å². The van der Waals surface area contributed by atoms with E-state index in [9.17, 15) is 4.79 Å². The van der Waals surface area contributed by atoms with Crippen molar-refractivity contribution < 1.29 is 9.90 Å². The van der Waals surface area contributed by atoms with Crippen molar-refractivity contribution in [3.63, 3.8) is 0 Å². The number of rotatable bonds is 2. The van der Waals surface area contributed by atoms with Crippen LogP contribution >= 0.6 is 27.5 Å². The summed E-state index contributed by atoms with van der Waals surface area (Å²) in [4.78, 5) is 11.0. The van der Waals surface area contributed by atoms with E-state index >= 15 is 0 Å².